The number of piperazine rings is 1. The first-order valence-corrected chi connectivity index (χ1v) is 8.46. The Morgan fingerprint density at radius 3 is 2.50 bits per heavy atom. The van der Waals surface area contributed by atoms with Gasteiger partial charge >= 0.3 is 6.18 Å². The standard InChI is InChI=1S/C18H17ClF4N2O/c19-14-2-1-3-15(20)17(14)26-11-12-4-5-13(18(21,22)23)10-16(12)25-8-6-24-7-9-25/h1-5,10,24H,6-9,11H2. The zero-order valence-corrected chi connectivity index (χ0v) is 14.5. The fourth-order valence-electron chi connectivity index (χ4n) is 2.83. The molecule has 1 aliphatic rings. The first kappa shape index (κ1) is 18.8. The van der Waals surface area contributed by atoms with Gasteiger partial charge in [0, 0.05) is 37.4 Å². The largest absolute Gasteiger partial charge is 0.484 e. The number of ether oxygens (including phenoxy) is 1. The Bertz CT molecular complexity index is 756. The fraction of sp³-hybridized carbons (Fsp3) is 0.333. The summed E-state index contributed by atoms with van der Waals surface area (Å²) in [7, 11) is 0. The van der Waals surface area contributed by atoms with Crippen LogP contribution in [0.4, 0.5) is 23.2 Å². The van der Waals surface area contributed by atoms with E-state index in [1.54, 1.807) is 0 Å². The van der Waals surface area contributed by atoms with Gasteiger partial charge in [-0.3, -0.25) is 0 Å². The van der Waals surface area contributed by atoms with Crippen LogP contribution in [-0.4, -0.2) is 26.2 Å². The SMILES string of the molecule is Fc1cccc(Cl)c1OCc1ccc(C(F)(F)F)cc1N1CCNCC1. The van der Waals surface area contributed by atoms with Crippen LogP contribution >= 0.6 is 11.6 Å². The highest BCUT2D eigenvalue weighted by Crippen LogP contribution is 2.35. The lowest BCUT2D eigenvalue weighted by Crippen LogP contribution is -2.44. The van der Waals surface area contributed by atoms with Crippen molar-refractivity contribution in [3.8, 4) is 5.75 Å². The van der Waals surface area contributed by atoms with Crippen LogP contribution in [0, 0.1) is 5.82 Å². The molecule has 8 heteroatoms. The Kier molecular flexibility index (Phi) is 5.58. The van der Waals surface area contributed by atoms with Crippen molar-refractivity contribution in [2.24, 2.45) is 0 Å². The van der Waals surface area contributed by atoms with Crippen LogP contribution in [-0.2, 0) is 12.8 Å². The second-order valence-electron chi connectivity index (χ2n) is 5.92. The molecule has 0 amide bonds. The Morgan fingerprint density at radius 2 is 1.85 bits per heavy atom. The van der Waals surface area contributed by atoms with E-state index in [0.29, 0.717) is 37.4 Å². The fourth-order valence-corrected chi connectivity index (χ4v) is 3.05. The van der Waals surface area contributed by atoms with Crippen molar-refractivity contribution < 1.29 is 22.3 Å². The minimum atomic E-state index is -4.43. The maximum Gasteiger partial charge on any atom is 0.416 e. The molecule has 0 spiro atoms. The van der Waals surface area contributed by atoms with Gasteiger partial charge in [0.15, 0.2) is 11.6 Å². The monoisotopic (exact) mass is 388 g/mol. The van der Waals surface area contributed by atoms with Gasteiger partial charge in [-0.2, -0.15) is 13.2 Å². The van der Waals surface area contributed by atoms with Crippen LogP contribution in [0.5, 0.6) is 5.75 Å². The van der Waals surface area contributed by atoms with Crippen molar-refractivity contribution in [3.63, 3.8) is 0 Å². The van der Waals surface area contributed by atoms with E-state index < -0.39 is 17.6 Å². The molecule has 1 fully saturated rings. The average Bonchev–Trinajstić information content (AvgIpc) is 2.61. The van der Waals surface area contributed by atoms with Gasteiger partial charge in [0.1, 0.15) is 6.61 Å². The summed E-state index contributed by atoms with van der Waals surface area (Å²) in [6.45, 7) is 2.42. The number of hydrogen-bond donors (Lipinski definition) is 1. The Labute approximate surface area is 153 Å². The highest BCUT2D eigenvalue weighted by atomic mass is 35.5. The van der Waals surface area contributed by atoms with E-state index in [1.165, 1.54) is 24.3 Å². The van der Waals surface area contributed by atoms with E-state index in [2.05, 4.69) is 5.32 Å². The smallest absolute Gasteiger partial charge is 0.416 e. The number of anilines is 1. The predicted octanol–water partition coefficient (Wildman–Crippen LogP) is 4.49. The Balaban J connectivity index is 1.90. The van der Waals surface area contributed by atoms with Crippen LogP contribution in [0.2, 0.25) is 5.02 Å². The first-order valence-electron chi connectivity index (χ1n) is 8.09. The molecular weight excluding hydrogens is 372 g/mol. The Hall–Kier alpha value is -1.99. The topological polar surface area (TPSA) is 24.5 Å². The molecule has 1 heterocycles. The van der Waals surface area contributed by atoms with E-state index in [0.717, 1.165) is 12.1 Å². The molecule has 1 aliphatic heterocycles. The third-order valence-corrected chi connectivity index (χ3v) is 4.46. The minimum absolute atomic E-state index is 0.0853. The van der Waals surface area contributed by atoms with E-state index in [9.17, 15) is 17.6 Å². The zero-order chi connectivity index (χ0) is 18.7. The number of rotatable bonds is 4. The molecule has 0 aliphatic carbocycles. The molecular formula is C18H17ClF4N2O. The minimum Gasteiger partial charge on any atom is -0.484 e. The maximum atomic E-state index is 13.9. The van der Waals surface area contributed by atoms with Gasteiger partial charge in [-0.15, -0.1) is 0 Å². The third kappa shape index (κ3) is 4.22. The predicted molar refractivity (Wildman–Crippen MR) is 92.3 cm³/mol. The normalized spacial score (nSPS) is 15.2. The molecule has 2 aromatic rings. The van der Waals surface area contributed by atoms with Crippen molar-refractivity contribution in [2.45, 2.75) is 12.8 Å². The zero-order valence-electron chi connectivity index (χ0n) is 13.7. The van der Waals surface area contributed by atoms with Crippen molar-refractivity contribution in [1.82, 2.24) is 5.32 Å². The lowest BCUT2D eigenvalue weighted by molar-refractivity contribution is -0.137. The molecule has 140 valence electrons. The van der Waals surface area contributed by atoms with Crippen LogP contribution in [0.1, 0.15) is 11.1 Å². The molecule has 3 nitrogen and oxygen atoms in total. The molecule has 2 aromatic carbocycles. The number of halogens is 5. The molecule has 0 saturated carbocycles. The van der Waals surface area contributed by atoms with Gasteiger partial charge in [-0.25, -0.2) is 4.39 Å². The van der Waals surface area contributed by atoms with Gasteiger partial charge < -0.3 is 15.0 Å². The van der Waals surface area contributed by atoms with Gasteiger partial charge in [-0.05, 0) is 24.3 Å². The molecule has 0 aromatic heterocycles. The summed E-state index contributed by atoms with van der Waals surface area (Å²) in [5, 5.41) is 3.27. The third-order valence-electron chi connectivity index (χ3n) is 4.16. The van der Waals surface area contributed by atoms with Crippen LogP contribution < -0.4 is 15.0 Å². The van der Waals surface area contributed by atoms with Crippen molar-refractivity contribution in [2.75, 3.05) is 31.1 Å². The summed E-state index contributed by atoms with van der Waals surface area (Å²) >= 11 is 5.94. The van der Waals surface area contributed by atoms with E-state index >= 15 is 0 Å². The number of hydrogen-bond acceptors (Lipinski definition) is 3. The van der Waals surface area contributed by atoms with Crippen molar-refractivity contribution >= 4 is 17.3 Å². The van der Waals surface area contributed by atoms with Crippen molar-refractivity contribution in [1.29, 1.82) is 0 Å². The molecule has 0 bridgehead atoms. The average molecular weight is 389 g/mol. The highest BCUT2D eigenvalue weighted by Gasteiger charge is 2.32. The molecule has 3 rings (SSSR count). The van der Waals surface area contributed by atoms with E-state index in [-0.39, 0.29) is 17.4 Å². The first-order chi connectivity index (χ1) is 12.4. The highest BCUT2D eigenvalue weighted by molar-refractivity contribution is 6.32. The second-order valence-corrected chi connectivity index (χ2v) is 6.32. The summed E-state index contributed by atoms with van der Waals surface area (Å²) in [6.07, 6.45) is -4.43. The van der Waals surface area contributed by atoms with Crippen LogP contribution in [0.25, 0.3) is 0 Å². The van der Waals surface area contributed by atoms with Gasteiger partial charge in [-0.1, -0.05) is 23.7 Å². The summed E-state index contributed by atoms with van der Waals surface area (Å²) in [5.74, 6) is -0.728. The molecule has 0 radical (unpaired) electrons. The molecule has 0 unspecified atom stereocenters. The number of nitrogens with zero attached hydrogens (tertiary/aromatic N) is 1. The van der Waals surface area contributed by atoms with E-state index in [1.807, 2.05) is 4.90 Å². The van der Waals surface area contributed by atoms with Gasteiger partial charge in [0.05, 0.1) is 10.6 Å². The summed E-state index contributed by atoms with van der Waals surface area (Å²) < 4.78 is 58.6. The molecule has 0 atom stereocenters. The van der Waals surface area contributed by atoms with Gasteiger partial charge in [0.25, 0.3) is 0 Å². The molecule has 1 N–H and O–H groups in total. The van der Waals surface area contributed by atoms with Gasteiger partial charge in [0.2, 0.25) is 0 Å². The van der Waals surface area contributed by atoms with Crippen molar-refractivity contribution in [3.05, 3.63) is 58.4 Å². The molecule has 1 saturated heterocycles. The number of alkyl halides is 3. The second kappa shape index (κ2) is 7.72. The lowest BCUT2D eigenvalue weighted by Gasteiger charge is -2.31. The number of nitrogens with one attached hydrogen (secondary N) is 1. The number of benzene rings is 2. The quantitative estimate of drug-likeness (QED) is 0.781. The maximum absolute atomic E-state index is 13.9. The number of para-hydroxylation sites is 1. The summed E-state index contributed by atoms with van der Waals surface area (Å²) in [4.78, 5) is 1.87. The Morgan fingerprint density at radius 1 is 1.12 bits per heavy atom. The lowest BCUT2D eigenvalue weighted by atomic mass is 10.1. The summed E-state index contributed by atoms with van der Waals surface area (Å²) in [5.41, 5.74) is 0.256. The van der Waals surface area contributed by atoms with Crippen LogP contribution in [0.15, 0.2) is 36.4 Å². The van der Waals surface area contributed by atoms with E-state index in [4.69, 9.17) is 16.3 Å². The van der Waals surface area contributed by atoms with Crippen LogP contribution in [0.3, 0.4) is 0 Å². The molecule has 26 heavy (non-hydrogen) atoms. The summed E-state index contributed by atoms with van der Waals surface area (Å²) in [6, 6.07) is 7.65.